The predicted octanol–water partition coefficient (Wildman–Crippen LogP) is 25.7. The summed E-state index contributed by atoms with van der Waals surface area (Å²) in [5, 5.41) is 0. The summed E-state index contributed by atoms with van der Waals surface area (Å²) in [5.74, 6) is -0.841. The maximum atomic E-state index is 13.0. The van der Waals surface area contributed by atoms with E-state index in [0.717, 1.165) is 70.6 Å². The SMILES string of the molecule is CCCCCCC/C=C\C/C=C\C/C=C\CCCCCCCCCCCCCCC(=O)OCC(COC(=O)CCCCCCCCCCCCCCCCC)OC(=O)CCCCCCCCCCCCC/C=C\CCCCCCCCCC. The van der Waals surface area contributed by atoms with Gasteiger partial charge in [0.25, 0.3) is 0 Å². The molecule has 0 N–H and O–H groups in total. The lowest BCUT2D eigenvalue weighted by Gasteiger charge is -2.18. The second-order valence-corrected chi connectivity index (χ2v) is 25.2. The van der Waals surface area contributed by atoms with Crippen LogP contribution in [0.4, 0.5) is 0 Å². The Morgan fingerprint density at radius 3 is 0.687 bits per heavy atom. The van der Waals surface area contributed by atoms with Crippen LogP contribution in [-0.4, -0.2) is 37.2 Å². The molecule has 1 unspecified atom stereocenters. The van der Waals surface area contributed by atoms with Crippen LogP contribution in [0, 0.1) is 0 Å². The molecule has 0 bridgehead atoms. The highest BCUT2D eigenvalue weighted by molar-refractivity contribution is 5.71. The molecule has 0 heterocycles. The Morgan fingerprint density at radius 2 is 0.434 bits per heavy atom. The predicted molar refractivity (Wildman–Crippen MR) is 362 cm³/mol. The molecule has 0 aliphatic heterocycles. The zero-order valence-corrected chi connectivity index (χ0v) is 56.0. The van der Waals surface area contributed by atoms with Gasteiger partial charge in [-0.2, -0.15) is 0 Å². The minimum atomic E-state index is -0.774. The summed E-state index contributed by atoms with van der Waals surface area (Å²) in [6.07, 6.45) is 91.4. The molecule has 0 aliphatic rings. The third-order valence-electron chi connectivity index (χ3n) is 16.8. The molecule has 0 amide bonds. The van der Waals surface area contributed by atoms with Crippen molar-refractivity contribution in [2.75, 3.05) is 13.2 Å². The lowest BCUT2D eigenvalue weighted by atomic mass is 10.0. The van der Waals surface area contributed by atoms with E-state index in [1.54, 1.807) is 0 Å². The van der Waals surface area contributed by atoms with Crippen LogP contribution in [0.1, 0.15) is 406 Å². The van der Waals surface area contributed by atoms with Crippen molar-refractivity contribution in [1.29, 1.82) is 0 Å². The Labute approximate surface area is 518 Å². The van der Waals surface area contributed by atoms with Gasteiger partial charge in [0.1, 0.15) is 13.2 Å². The van der Waals surface area contributed by atoms with Crippen molar-refractivity contribution < 1.29 is 28.6 Å². The number of hydrogen-bond donors (Lipinski definition) is 0. The smallest absolute Gasteiger partial charge is 0.306 e. The standard InChI is InChI=1S/C77H142O6/c1-4-7-10-13-16-19-22-25-28-30-32-34-36-37-38-39-41-42-44-46-49-52-55-58-61-64-67-70-76(79)82-73-74(72-81-75(78)69-66-63-60-57-54-51-48-27-24-21-18-15-12-9-6-3)83-77(80)71-68-65-62-59-56-53-50-47-45-43-40-35-33-31-29-26-23-20-17-14-11-8-5-2/h22,25,30-33,36-37,74H,4-21,23-24,26-29,34-35,38-73H2,1-3H3/b25-22-,32-30-,33-31-,37-36-. The molecule has 0 aromatic carbocycles. The molecule has 0 fully saturated rings. The molecule has 6 nitrogen and oxygen atoms in total. The van der Waals surface area contributed by atoms with Crippen molar-refractivity contribution in [2.24, 2.45) is 0 Å². The van der Waals surface area contributed by atoms with E-state index in [1.165, 1.54) is 295 Å². The van der Waals surface area contributed by atoms with E-state index in [1.807, 2.05) is 0 Å². The molecule has 0 saturated carbocycles. The summed E-state index contributed by atoms with van der Waals surface area (Å²) in [7, 11) is 0. The van der Waals surface area contributed by atoms with Crippen LogP contribution in [0.2, 0.25) is 0 Å². The first-order valence-electron chi connectivity index (χ1n) is 37.1. The van der Waals surface area contributed by atoms with Crippen molar-refractivity contribution in [3.63, 3.8) is 0 Å². The molecule has 0 rings (SSSR count). The summed E-state index contributed by atoms with van der Waals surface area (Å²) in [5.41, 5.74) is 0. The first kappa shape index (κ1) is 80.4. The summed E-state index contributed by atoms with van der Waals surface area (Å²) in [6, 6.07) is 0. The zero-order valence-electron chi connectivity index (χ0n) is 56.0. The van der Waals surface area contributed by atoms with E-state index in [2.05, 4.69) is 69.4 Å². The number of allylic oxidation sites excluding steroid dienone is 8. The average molecular weight is 1160 g/mol. The Bertz CT molecular complexity index is 1430. The lowest BCUT2D eigenvalue weighted by Crippen LogP contribution is -2.30. The second kappa shape index (κ2) is 71.8. The first-order valence-corrected chi connectivity index (χ1v) is 37.1. The average Bonchev–Trinajstić information content (AvgIpc) is 3.49. The van der Waals surface area contributed by atoms with E-state index in [9.17, 15) is 14.4 Å². The monoisotopic (exact) mass is 1160 g/mol. The Balaban J connectivity index is 4.27. The van der Waals surface area contributed by atoms with E-state index < -0.39 is 6.10 Å². The molecule has 0 aliphatic carbocycles. The third kappa shape index (κ3) is 70.0. The zero-order chi connectivity index (χ0) is 59.9. The highest BCUT2D eigenvalue weighted by Crippen LogP contribution is 2.18. The Kier molecular flexibility index (Phi) is 69.6. The van der Waals surface area contributed by atoms with Gasteiger partial charge in [-0.05, 0) is 83.5 Å². The van der Waals surface area contributed by atoms with Crippen LogP contribution in [0.25, 0.3) is 0 Å². The number of ether oxygens (including phenoxy) is 3. The fourth-order valence-electron chi connectivity index (χ4n) is 11.2. The van der Waals surface area contributed by atoms with Crippen LogP contribution in [0.3, 0.4) is 0 Å². The van der Waals surface area contributed by atoms with Crippen molar-refractivity contribution >= 4 is 17.9 Å². The van der Waals surface area contributed by atoms with Gasteiger partial charge in [0.15, 0.2) is 6.10 Å². The maximum absolute atomic E-state index is 13.0. The van der Waals surface area contributed by atoms with Crippen LogP contribution in [-0.2, 0) is 28.6 Å². The molecule has 486 valence electrons. The van der Waals surface area contributed by atoms with Crippen molar-refractivity contribution in [2.45, 2.75) is 412 Å². The normalized spacial score (nSPS) is 12.3. The molecule has 1 atom stereocenters. The van der Waals surface area contributed by atoms with Crippen LogP contribution in [0.15, 0.2) is 48.6 Å². The van der Waals surface area contributed by atoms with Crippen molar-refractivity contribution in [3.8, 4) is 0 Å². The minimum Gasteiger partial charge on any atom is -0.462 e. The van der Waals surface area contributed by atoms with Crippen LogP contribution in [0.5, 0.6) is 0 Å². The summed E-state index contributed by atoms with van der Waals surface area (Å²) < 4.78 is 17.0. The number of unbranched alkanes of at least 4 members (excludes halogenated alkanes) is 50. The lowest BCUT2D eigenvalue weighted by molar-refractivity contribution is -0.167. The molecular weight excluding hydrogens is 1020 g/mol. The molecule has 0 spiro atoms. The van der Waals surface area contributed by atoms with Gasteiger partial charge in [0.2, 0.25) is 0 Å². The van der Waals surface area contributed by atoms with E-state index in [-0.39, 0.29) is 31.1 Å². The van der Waals surface area contributed by atoms with E-state index >= 15 is 0 Å². The van der Waals surface area contributed by atoms with Gasteiger partial charge < -0.3 is 14.2 Å². The second-order valence-electron chi connectivity index (χ2n) is 25.2. The van der Waals surface area contributed by atoms with Gasteiger partial charge in [0.05, 0.1) is 0 Å². The van der Waals surface area contributed by atoms with Crippen LogP contribution >= 0.6 is 0 Å². The summed E-state index contributed by atoms with van der Waals surface area (Å²) in [6.45, 7) is 6.70. The van der Waals surface area contributed by atoms with Gasteiger partial charge in [-0.1, -0.05) is 352 Å². The number of esters is 3. The largest absolute Gasteiger partial charge is 0.462 e. The number of hydrogen-bond acceptors (Lipinski definition) is 6. The highest BCUT2D eigenvalue weighted by Gasteiger charge is 2.19. The fraction of sp³-hybridized carbons (Fsp3) is 0.857. The van der Waals surface area contributed by atoms with Gasteiger partial charge in [-0.15, -0.1) is 0 Å². The first-order chi connectivity index (χ1) is 41.0. The molecule has 83 heavy (non-hydrogen) atoms. The fourth-order valence-corrected chi connectivity index (χ4v) is 11.2. The van der Waals surface area contributed by atoms with E-state index in [4.69, 9.17) is 14.2 Å². The number of carbonyl (C=O) groups excluding carboxylic acids is 3. The molecule has 6 heteroatoms. The molecule has 0 aromatic rings. The summed E-state index contributed by atoms with van der Waals surface area (Å²) in [4.78, 5) is 38.5. The van der Waals surface area contributed by atoms with Crippen LogP contribution < -0.4 is 0 Å². The molecular formula is C77H142O6. The summed E-state index contributed by atoms with van der Waals surface area (Å²) >= 11 is 0. The number of carbonyl (C=O) groups is 3. The minimum absolute atomic E-state index is 0.0685. The highest BCUT2D eigenvalue weighted by atomic mass is 16.6. The van der Waals surface area contributed by atoms with Gasteiger partial charge in [-0.25, -0.2) is 0 Å². The van der Waals surface area contributed by atoms with Gasteiger partial charge >= 0.3 is 17.9 Å². The third-order valence-corrected chi connectivity index (χ3v) is 16.8. The maximum Gasteiger partial charge on any atom is 0.306 e. The Morgan fingerprint density at radius 1 is 0.241 bits per heavy atom. The van der Waals surface area contributed by atoms with Crippen molar-refractivity contribution in [1.82, 2.24) is 0 Å². The molecule has 0 aromatic heterocycles. The van der Waals surface area contributed by atoms with E-state index in [0.29, 0.717) is 19.3 Å². The molecule has 0 saturated heterocycles. The Hall–Kier alpha value is -2.63. The van der Waals surface area contributed by atoms with Gasteiger partial charge in [0, 0.05) is 19.3 Å². The van der Waals surface area contributed by atoms with Crippen molar-refractivity contribution in [3.05, 3.63) is 48.6 Å². The van der Waals surface area contributed by atoms with Gasteiger partial charge in [-0.3, -0.25) is 14.4 Å². The molecule has 0 radical (unpaired) electrons. The number of rotatable bonds is 69. The quantitative estimate of drug-likeness (QED) is 0.0261. The topological polar surface area (TPSA) is 78.9 Å².